The molecule has 1 N–H and O–H groups in total. The van der Waals surface area contributed by atoms with E-state index in [0.29, 0.717) is 22.7 Å². The molecule has 1 fully saturated rings. The molecule has 35 heavy (non-hydrogen) atoms. The van der Waals surface area contributed by atoms with Gasteiger partial charge in [-0.25, -0.2) is 4.98 Å². The van der Waals surface area contributed by atoms with Gasteiger partial charge in [0.25, 0.3) is 5.91 Å². The second kappa shape index (κ2) is 10.6. The maximum atomic E-state index is 13.0. The fraction of sp³-hybridized carbons (Fsp3) is 0.259. The minimum absolute atomic E-state index is 0.176. The number of amides is 1. The first-order valence-corrected chi connectivity index (χ1v) is 11.6. The number of fused-ring (bicyclic) bond motifs is 1. The molecule has 0 unspecified atom stereocenters. The maximum absolute atomic E-state index is 13.0. The van der Waals surface area contributed by atoms with Crippen LogP contribution in [-0.2, 0) is 17.9 Å². The zero-order chi connectivity index (χ0) is 24.0. The fourth-order valence-corrected chi connectivity index (χ4v) is 4.11. The third kappa shape index (κ3) is 5.62. The Bertz CT molecular complexity index is 1280. The summed E-state index contributed by atoms with van der Waals surface area (Å²) in [4.78, 5) is 19.9. The highest BCUT2D eigenvalue weighted by atomic mass is 16.5. The van der Waals surface area contributed by atoms with E-state index in [2.05, 4.69) is 15.2 Å². The first-order valence-electron chi connectivity index (χ1n) is 11.6. The summed E-state index contributed by atoms with van der Waals surface area (Å²) in [6.07, 6.45) is 3.87. The van der Waals surface area contributed by atoms with Crippen molar-refractivity contribution >= 4 is 17.2 Å². The summed E-state index contributed by atoms with van der Waals surface area (Å²) < 4.78 is 18.8. The highest BCUT2D eigenvalue weighted by molar-refractivity contribution is 6.04. The number of anilines is 1. The lowest BCUT2D eigenvalue weighted by Crippen LogP contribution is -2.35. The Kier molecular flexibility index (Phi) is 6.92. The van der Waals surface area contributed by atoms with E-state index in [0.717, 1.165) is 49.8 Å². The van der Waals surface area contributed by atoms with Crippen LogP contribution < -0.4 is 14.8 Å². The number of benzene rings is 2. The molecule has 2 aromatic carbocycles. The number of aromatic nitrogens is 2. The lowest BCUT2D eigenvalue weighted by atomic mass is 10.1. The first kappa shape index (κ1) is 22.9. The zero-order valence-electron chi connectivity index (χ0n) is 19.6. The van der Waals surface area contributed by atoms with Crippen LogP contribution in [0.2, 0.25) is 0 Å². The molecule has 4 aromatic rings. The van der Waals surface area contributed by atoms with E-state index in [9.17, 15) is 4.79 Å². The summed E-state index contributed by atoms with van der Waals surface area (Å²) in [7, 11) is 1.59. The summed E-state index contributed by atoms with van der Waals surface area (Å²) in [5, 5.41) is 2.97. The van der Waals surface area contributed by atoms with Gasteiger partial charge >= 0.3 is 0 Å². The predicted molar refractivity (Wildman–Crippen MR) is 133 cm³/mol. The number of carbonyl (C=O) groups excluding carboxylic acids is 1. The normalized spacial score (nSPS) is 14.1. The van der Waals surface area contributed by atoms with Crippen molar-refractivity contribution in [3.8, 4) is 11.5 Å². The predicted octanol–water partition coefficient (Wildman–Crippen LogP) is 4.01. The number of nitrogens with zero attached hydrogens (tertiary/aromatic N) is 3. The second-order valence-corrected chi connectivity index (χ2v) is 8.40. The van der Waals surface area contributed by atoms with Crippen LogP contribution in [0, 0.1) is 0 Å². The topological polar surface area (TPSA) is 77.3 Å². The van der Waals surface area contributed by atoms with E-state index < -0.39 is 0 Å². The zero-order valence-corrected chi connectivity index (χ0v) is 19.6. The minimum atomic E-state index is -0.176. The highest BCUT2D eigenvalue weighted by Crippen LogP contribution is 2.31. The van der Waals surface area contributed by atoms with Crippen LogP contribution in [0.5, 0.6) is 11.5 Å². The van der Waals surface area contributed by atoms with Gasteiger partial charge in [-0.1, -0.05) is 18.2 Å². The number of pyridine rings is 1. The van der Waals surface area contributed by atoms with Gasteiger partial charge in [0, 0.05) is 49.3 Å². The van der Waals surface area contributed by atoms with E-state index in [1.54, 1.807) is 25.3 Å². The van der Waals surface area contributed by atoms with E-state index in [1.807, 2.05) is 59.3 Å². The quantitative estimate of drug-likeness (QED) is 0.418. The van der Waals surface area contributed by atoms with Crippen LogP contribution in [0.1, 0.15) is 21.6 Å². The van der Waals surface area contributed by atoms with Gasteiger partial charge in [-0.2, -0.15) is 0 Å². The average molecular weight is 473 g/mol. The number of imidazole rings is 1. The molecule has 5 rings (SSSR count). The molecule has 8 heteroatoms. The number of ether oxygens (including phenoxy) is 3. The highest BCUT2D eigenvalue weighted by Gasteiger charge is 2.14. The Morgan fingerprint density at radius 2 is 1.94 bits per heavy atom. The number of rotatable bonds is 8. The van der Waals surface area contributed by atoms with Gasteiger partial charge in [-0.05, 0) is 42.0 Å². The van der Waals surface area contributed by atoms with Crippen molar-refractivity contribution in [3.05, 3.63) is 89.9 Å². The van der Waals surface area contributed by atoms with Crippen molar-refractivity contribution < 1.29 is 19.0 Å². The monoisotopic (exact) mass is 472 g/mol. The molecular formula is C27H28N4O4. The molecule has 1 amide bonds. The molecule has 2 aromatic heterocycles. The van der Waals surface area contributed by atoms with Crippen molar-refractivity contribution in [2.75, 3.05) is 38.7 Å². The first-order chi connectivity index (χ1) is 17.2. The third-order valence-corrected chi connectivity index (χ3v) is 5.91. The van der Waals surface area contributed by atoms with Crippen LogP contribution in [-0.4, -0.2) is 53.6 Å². The molecule has 8 nitrogen and oxygen atoms in total. The number of carbonyl (C=O) groups is 1. The molecule has 0 spiro atoms. The largest absolute Gasteiger partial charge is 0.493 e. The number of hydrogen-bond acceptors (Lipinski definition) is 6. The summed E-state index contributed by atoms with van der Waals surface area (Å²) in [6.45, 7) is 4.38. The molecular weight excluding hydrogens is 444 g/mol. The van der Waals surface area contributed by atoms with Gasteiger partial charge in [0.2, 0.25) is 0 Å². The number of hydrogen-bond donors (Lipinski definition) is 1. The van der Waals surface area contributed by atoms with Crippen LogP contribution in [0.4, 0.5) is 5.69 Å². The van der Waals surface area contributed by atoms with Crippen molar-refractivity contribution in [2.45, 2.75) is 13.2 Å². The van der Waals surface area contributed by atoms with Gasteiger partial charge in [-0.15, -0.1) is 0 Å². The summed E-state index contributed by atoms with van der Waals surface area (Å²) in [5.41, 5.74) is 3.99. The van der Waals surface area contributed by atoms with Crippen molar-refractivity contribution in [2.24, 2.45) is 0 Å². The second-order valence-electron chi connectivity index (χ2n) is 8.40. The van der Waals surface area contributed by atoms with E-state index in [4.69, 9.17) is 14.2 Å². The summed E-state index contributed by atoms with van der Waals surface area (Å²) in [5.74, 6) is 0.938. The third-order valence-electron chi connectivity index (χ3n) is 5.91. The number of morpholine rings is 1. The van der Waals surface area contributed by atoms with E-state index in [1.165, 1.54) is 0 Å². The Morgan fingerprint density at radius 3 is 2.77 bits per heavy atom. The molecule has 0 radical (unpaired) electrons. The average Bonchev–Trinajstić information content (AvgIpc) is 3.31. The molecule has 180 valence electrons. The smallest absolute Gasteiger partial charge is 0.255 e. The van der Waals surface area contributed by atoms with Crippen LogP contribution >= 0.6 is 0 Å². The lowest BCUT2D eigenvalue weighted by molar-refractivity contribution is 0.0342. The summed E-state index contributed by atoms with van der Waals surface area (Å²) >= 11 is 0. The van der Waals surface area contributed by atoms with Crippen LogP contribution in [0.15, 0.2) is 73.1 Å². The molecule has 1 aliphatic rings. The van der Waals surface area contributed by atoms with E-state index in [-0.39, 0.29) is 12.5 Å². The van der Waals surface area contributed by atoms with Crippen molar-refractivity contribution in [1.82, 2.24) is 14.3 Å². The molecule has 1 saturated heterocycles. The minimum Gasteiger partial charge on any atom is -0.493 e. The Balaban J connectivity index is 1.26. The standard InChI is InChI=1S/C27H28N4O4/c1-33-24-9-8-22(16-25(24)35-19-23-18-31-10-3-2-7-26(31)28-23)29-27(32)21-6-4-5-20(15-21)17-30-11-13-34-14-12-30/h2-10,15-16,18H,11-14,17,19H2,1H3,(H,29,32). The van der Waals surface area contributed by atoms with Gasteiger partial charge < -0.3 is 23.9 Å². The van der Waals surface area contributed by atoms with Crippen LogP contribution in [0.3, 0.4) is 0 Å². The number of methoxy groups -OCH3 is 1. The Labute approximate surface area is 204 Å². The fourth-order valence-electron chi connectivity index (χ4n) is 4.11. The molecule has 0 atom stereocenters. The number of nitrogens with one attached hydrogen (secondary N) is 1. The Hall–Kier alpha value is -3.88. The van der Waals surface area contributed by atoms with Gasteiger partial charge in [-0.3, -0.25) is 9.69 Å². The van der Waals surface area contributed by atoms with Crippen molar-refractivity contribution in [3.63, 3.8) is 0 Å². The van der Waals surface area contributed by atoms with Gasteiger partial charge in [0.05, 0.1) is 26.0 Å². The molecule has 0 bridgehead atoms. The van der Waals surface area contributed by atoms with Crippen molar-refractivity contribution in [1.29, 1.82) is 0 Å². The maximum Gasteiger partial charge on any atom is 0.255 e. The summed E-state index contributed by atoms with van der Waals surface area (Å²) in [6, 6.07) is 18.9. The van der Waals surface area contributed by atoms with Gasteiger partial charge in [0.1, 0.15) is 12.3 Å². The lowest BCUT2D eigenvalue weighted by Gasteiger charge is -2.26. The van der Waals surface area contributed by atoms with Gasteiger partial charge in [0.15, 0.2) is 11.5 Å². The molecule has 0 saturated carbocycles. The Morgan fingerprint density at radius 1 is 1.06 bits per heavy atom. The molecule has 1 aliphatic heterocycles. The molecule has 0 aliphatic carbocycles. The van der Waals surface area contributed by atoms with E-state index >= 15 is 0 Å². The molecule has 3 heterocycles. The SMILES string of the molecule is COc1ccc(NC(=O)c2cccc(CN3CCOCC3)c2)cc1OCc1cn2ccccc2n1. The van der Waals surface area contributed by atoms with Crippen LogP contribution in [0.25, 0.3) is 5.65 Å².